The molecule has 0 saturated carbocycles. The van der Waals surface area contributed by atoms with Gasteiger partial charge in [-0.05, 0) is 30.9 Å². The molecule has 2 heterocycles. The molecule has 0 aliphatic carbocycles. The minimum absolute atomic E-state index is 0.0594. The summed E-state index contributed by atoms with van der Waals surface area (Å²) in [4.78, 5) is 26.3. The lowest BCUT2D eigenvalue weighted by molar-refractivity contribution is -0.896. The average Bonchev–Trinajstić information content (AvgIpc) is 3.00. The molecule has 0 spiro atoms. The predicted molar refractivity (Wildman–Crippen MR) is 96.3 cm³/mol. The molecular weight excluding hydrogens is 322 g/mol. The Morgan fingerprint density at radius 3 is 2.50 bits per heavy atom. The molecule has 6 heteroatoms. The number of hydrogen-bond acceptors (Lipinski definition) is 3. The van der Waals surface area contributed by atoms with Gasteiger partial charge in [0, 0.05) is 4.88 Å². The molecule has 1 aliphatic heterocycles. The number of hydrogen-bond donors (Lipinski definition) is 3. The molecule has 24 heavy (non-hydrogen) atoms. The molecule has 4 N–H and O–H groups in total. The van der Waals surface area contributed by atoms with Gasteiger partial charge in [0.2, 0.25) is 0 Å². The van der Waals surface area contributed by atoms with Crippen LogP contribution >= 0.6 is 11.3 Å². The number of quaternary nitrogens is 1. The van der Waals surface area contributed by atoms with E-state index in [1.807, 2.05) is 30.3 Å². The number of piperidine rings is 1. The first-order valence-electron chi connectivity index (χ1n) is 8.26. The summed E-state index contributed by atoms with van der Waals surface area (Å²) in [5.74, 6) is -0.579. The Bertz CT molecular complexity index is 721. The summed E-state index contributed by atoms with van der Waals surface area (Å²) in [6, 6.07) is 11.5. The quantitative estimate of drug-likeness (QED) is 0.769. The van der Waals surface area contributed by atoms with Gasteiger partial charge in [0.1, 0.15) is 5.00 Å². The van der Waals surface area contributed by atoms with Crippen LogP contribution in [-0.4, -0.2) is 31.4 Å². The number of carbonyl (C=O) groups is 2. The van der Waals surface area contributed by atoms with Crippen LogP contribution in [-0.2, 0) is 4.79 Å². The second kappa shape index (κ2) is 7.59. The number of carbonyl (C=O) groups excluding carboxylic acids is 2. The number of nitrogens with one attached hydrogen (secondary N) is 2. The third kappa shape index (κ3) is 4.01. The van der Waals surface area contributed by atoms with Crippen molar-refractivity contribution in [3.05, 3.63) is 42.0 Å². The number of primary amides is 1. The van der Waals surface area contributed by atoms with Crippen LogP contribution in [0.15, 0.2) is 36.4 Å². The van der Waals surface area contributed by atoms with Crippen LogP contribution in [0.1, 0.15) is 29.6 Å². The Morgan fingerprint density at radius 2 is 1.83 bits per heavy atom. The Kier molecular flexibility index (Phi) is 5.27. The number of rotatable bonds is 5. The van der Waals surface area contributed by atoms with Gasteiger partial charge in [-0.2, -0.15) is 0 Å². The van der Waals surface area contributed by atoms with Crippen molar-refractivity contribution in [3.63, 3.8) is 0 Å². The summed E-state index contributed by atoms with van der Waals surface area (Å²) in [7, 11) is 0. The molecule has 0 radical (unpaired) electrons. The number of benzene rings is 1. The van der Waals surface area contributed by atoms with Gasteiger partial charge in [0.05, 0.1) is 18.7 Å². The van der Waals surface area contributed by atoms with Crippen molar-refractivity contribution in [2.24, 2.45) is 5.73 Å². The van der Waals surface area contributed by atoms with Gasteiger partial charge < -0.3 is 16.0 Å². The number of amides is 2. The molecular formula is C18H22N3O2S+. The minimum atomic E-state index is -0.519. The number of likely N-dealkylation sites (tertiary alicyclic amines) is 1. The summed E-state index contributed by atoms with van der Waals surface area (Å²) in [6.07, 6.45) is 3.60. The normalized spacial score (nSPS) is 15.2. The summed E-state index contributed by atoms with van der Waals surface area (Å²) in [6.45, 7) is 2.52. The van der Waals surface area contributed by atoms with Crippen LogP contribution in [0.25, 0.3) is 10.4 Å². The lowest BCUT2D eigenvalue weighted by Crippen LogP contribution is -3.13. The molecule has 1 aromatic heterocycles. The fraction of sp³-hybridized carbons (Fsp3) is 0.333. The topological polar surface area (TPSA) is 76.6 Å². The Labute approximate surface area is 145 Å². The van der Waals surface area contributed by atoms with E-state index in [4.69, 9.17) is 5.73 Å². The van der Waals surface area contributed by atoms with E-state index in [0.29, 0.717) is 17.1 Å². The molecule has 1 aromatic carbocycles. The van der Waals surface area contributed by atoms with E-state index in [-0.39, 0.29) is 5.91 Å². The zero-order chi connectivity index (χ0) is 16.9. The van der Waals surface area contributed by atoms with E-state index in [0.717, 1.165) is 23.5 Å². The molecule has 1 fully saturated rings. The summed E-state index contributed by atoms with van der Waals surface area (Å²) < 4.78 is 0. The molecule has 126 valence electrons. The smallest absolute Gasteiger partial charge is 0.280 e. The van der Waals surface area contributed by atoms with E-state index < -0.39 is 5.91 Å². The third-order valence-corrected chi connectivity index (χ3v) is 5.38. The van der Waals surface area contributed by atoms with Crippen molar-refractivity contribution in [3.8, 4) is 10.4 Å². The molecule has 2 aromatic rings. The van der Waals surface area contributed by atoms with Crippen LogP contribution in [0, 0.1) is 0 Å². The Balaban J connectivity index is 1.75. The maximum atomic E-state index is 12.3. The maximum Gasteiger partial charge on any atom is 0.280 e. The second-order valence-corrected chi connectivity index (χ2v) is 7.17. The molecule has 1 saturated heterocycles. The molecule has 0 unspecified atom stereocenters. The van der Waals surface area contributed by atoms with Crippen LogP contribution in [0.3, 0.4) is 0 Å². The van der Waals surface area contributed by atoms with Crippen LogP contribution in [0.4, 0.5) is 5.00 Å². The van der Waals surface area contributed by atoms with Gasteiger partial charge >= 0.3 is 0 Å². The number of anilines is 1. The molecule has 5 nitrogen and oxygen atoms in total. The van der Waals surface area contributed by atoms with E-state index in [9.17, 15) is 9.59 Å². The average molecular weight is 344 g/mol. The van der Waals surface area contributed by atoms with Crippen molar-refractivity contribution < 1.29 is 14.5 Å². The Morgan fingerprint density at radius 1 is 1.12 bits per heavy atom. The van der Waals surface area contributed by atoms with Gasteiger partial charge in [0.25, 0.3) is 11.8 Å². The van der Waals surface area contributed by atoms with Gasteiger partial charge in [0.15, 0.2) is 6.54 Å². The van der Waals surface area contributed by atoms with Gasteiger partial charge in [-0.3, -0.25) is 9.59 Å². The zero-order valence-electron chi connectivity index (χ0n) is 13.5. The van der Waals surface area contributed by atoms with Crippen molar-refractivity contribution >= 4 is 28.2 Å². The molecule has 1 aliphatic rings. The monoisotopic (exact) mass is 344 g/mol. The highest BCUT2D eigenvalue weighted by Crippen LogP contribution is 2.35. The number of thiophene rings is 1. The van der Waals surface area contributed by atoms with E-state index >= 15 is 0 Å². The lowest BCUT2D eigenvalue weighted by atomic mass is 10.1. The largest absolute Gasteiger partial charge is 0.366 e. The summed E-state index contributed by atoms with van der Waals surface area (Å²) in [5, 5.41) is 3.43. The molecule has 0 atom stereocenters. The van der Waals surface area contributed by atoms with Crippen molar-refractivity contribution in [1.82, 2.24) is 0 Å². The highest BCUT2D eigenvalue weighted by molar-refractivity contribution is 7.20. The first-order chi connectivity index (χ1) is 11.6. The predicted octanol–water partition coefficient (Wildman–Crippen LogP) is 1.52. The maximum absolute atomic E-state index is 12.3. The summed E-state index contributed by atoms with van der Waals surface area (Å²) in [5.41, 5.74) is 6.86. The van der Waals surface area contributed by atoms with Gasteiger partial charge in [-0.1, -0.05) is 30.3 Å². The van der Waals surface area contributed by atoms with Crippen LogP contribution in [0.5, 0.6) is 0 Å². The number of nitrogens with two attached hydrogens (primary N) is 1. The van der Waals surface area contributed by atoms with Crippen LogP contribution in [0.2, 0.25) is 0 Å². The third-order valence-electron chi connectivity index (χ3n) is 4.28. The zero-order valence-corrected chi connectivity index (χ0v) is 14.3. The minimum Gasteiger partial charge on any atom is -0.366 e. The molecule has 2 amide bonds. The standard InChI is InChI=1S/C18H21N3O2S/c19-17(23)14-11-15(13-7-3-1-4-8-13)24-18(14)20-16(22)12-21-9-5-2-6-10-21/h1,3-4,7-8,11H,2,5-6,9-10,12H2,(H2,19,23)(H,20,22)/p+1. The van der Waals surface area contributed by atoms with Crippen molar-refractivity contribution in [2.75, 3.05) is 25.0 Å². The van der Waals surface area contributed by atoms with Gasteiger partial charge in [-0.15, -0.1) is 11.3 Å². The van der Waals surface area contributed by atoms with Gasteiger partial charge in [-0.25, -0.2) is 0 Å². The van der Waals surface area contributed by atoms with E-state index in [1.54, 1.807) is 6.07 Å². The fourth-order valence-electron chi connectivity index (χ4n) is 3.04. The van der Waals surface area contributed by atoms with E-state index in [2.05, 4.69) is 5.32 Å². The Hall–Kier alpha value is -2.18. The SMILES string of the molecule is NC(=O)c1cc(-c2ccccc2)sc1NC(=O)C[NH+]1CCCCC1. The lowest BCUT2D eigenvalue weighted by Gasteiger charge is -2.22. The van der Waals surface area contributed by atoms with Crippen LogP contribution < -0.4 is 16.0 Å². The van der Waals surface area contributed by atoms with Crippen molar-refractivity contribution in [2.45, 2.75) is 19.3 Å². The molecule has 0 bridgehead atoms. The first-order valence-corrected chi connectivity index (χ1v) is 9.07. The highest BCUT2D eigenvalue weighted by Gasteiger charge is 2.21. The first kappa shape index (κ1) is 16.7. The highest BCUT2D eigenvalue weighted by atomic mass is 32.1. The van der Waals surface area contributed by atoms with Crippen molar-refractivity contribution in [1.29, 1.82) is 0 Å². The summed E-state index contributed by atoms with van der Waals surface area (Å²) >= 11 is 1.39. The van der Waals surface area contributed by atoms with E-state index in [1.165, 1.54) is 35.5 Å². The molecule has 3 rings (SSSR count). The fourth-order valence-corrected chi connectivity index (χ4v) is 4.12. The second-order valence-electron chi connectivity index (χ2n) is 6.12.